The number of aliphatic hydroxyl groups is 1. The molecular weight excluding hydrogens is 490 g/mol. The summed E-state index contributed by atoms with van der Waals surface area (Å²) in [5.41, 5.74) is -2.83. The monoisotopic (exact) mass is 509 g/mol. The summed E-state index contributed by atoms with van der Waals surface area (Å²) < 4.78 is 57.2. The lowest BCUT2D eigenvalue weighted by molar-refractivity contribution is -0.137. The Morgan fingerprint density at radius 2 is 1.97 bits per heavy atom. The minimum Gasteiger partial charge on any atom is -0.389 e. The van der Waals surface area contributed by atoms with Crippen LogP contribution in [-0.2, 0) is 6.18 Å². The fraction of sp³-hybridized carbons (Fsp3) is 0.304. The minimum atomic E-state index is -4.78. The van der Waals surface area contributed by atoms with E-state index >= 15 is 0 Å². The van der Waals surface area contributed by atoms with Crippen LogP contribution in [0.25, 0.3) is 5.69 Å². The molecule has 1 aliphatic heterocycles. The number of nitrogens with zero attached hydrogens (tertiary/aromatic N) is 4. The van der Waals surface area contributed by atoms with Crippen molar-refractivity contribution in [1.82, 2.24) is 19.9 Å². The first-order valence-corrected chi connectivity index (χ1v) is 10.8. The van der Waals surface area contributed by atoms with Gasteiger partial charge in [-0.05, 0) is 45.0 Å². The Labute approximate surface area is 202 Å². The molecule has 0 fully saturated rings. The number of halogens is 5. The Morgan fingerprint density at radius 3 is 2.60 bits per heavy atom. The van der Waals surface area contributed by atoms with Gasteiger partial charge in [-0.3, -0.25) is 14.8 Å². The fourth-order valence-electron chi connectivity index (χ4n) is 3.65. The van der Waals surface area contributed by atoms with Crippen molar-refractivity contribution < 1.29 is 27.5 Å². The molecule has 0 saturated heterocycles. The van der Waals surface area contributed by atoms with Crippen molar-refractivity contribution in [2.24, 2.45) is 4.99 Å². The molecule has 2 aromatic heterocycles. The van der Waals surface area contributed by atoms with E-state index in [1.807, 2.05) is 0 Å². The van der Waals surface area contributed by atoms with Crippen LogP contribution >= 0.6 is 11.6 Å². The molecule has 0 bridgehead atoms. The lowest BCUT2D eigenvalue weighted by atomic mass is 10.00. The van der Waals surface area contributed by atoms with Gasteiger partial charge in [0.25, 0.3) is 5.91 Å². The van der Waals surface area contributed by atoms with Crippen LogP contribution in [0.1, 0.15) is 59.9 Å². The van der Waals surface area contributed by atoms with Crippen molar-refractivity contribution in [1.29, 1.82) is 0 Å². The summed E-state index contributed by atoms with van der Waals surface area (Å²) in [4.78, 5) is 25.4. The number of aliphatic imine (C=N–C) groups is 1. The highest BCUT2D eigenvalue weighted by Gasteiger charge is 2.38. The van der Waals surface area contributed by atoms with Crippen molar-refractivity contribution in [2.75, 3.05) is 6.54 Å². The van der Waals surface area contributed by atoms with E-state index in [0.29, 0.717) is 0 Å². The highest BCUT2D eigenvalue weighted by atomic mass is 35.5. The topological polar surface area (TPSA) is 92.4 Å². The first-order chi connectivity index (χ1) is 16.3. The number of pyridine rings is 1. The summed E-state index contributed by atoms with van der Waals surface area (Å²) in [6.07, 6.45) is -2.15. The molecular formula is C23H20ClF4N5O2. The lowest BCUT2D eigenvalue weighted by Gasteiger charge is -2.18. The molecule has 0 aliphatic carbocycles. The molecule has 2 N–H and O–H groups in total. The standard InChI is InChI=1S/C23H20ClF4N5O2/c1-11-20-32-14(21(34)30-10-22(2,3)35)9-33(20)15-7-6-12(23(26,27)28)17(24)16(15)19(31-11)18-13(25)5-4-8-29-18/h4-9,11,35H,10H2,1-3H3,(H,30,34)/t11-/m0/s1. The zero-order chi connectivity index (χ0) is 25.7. The van der Waals surface area contributed by atoms with E-state index in [1.165, 1.54) is 42.9 Å². The molecule has 1 aliphatic rings. The van der Waals surface area contributed by atoms with Gasteiger partial charge in [0.1, 0.15) is 23.3 Å². The van der Waals surface area contributed by atoms with Crippen LogP contribution in [0.15, 0.2) is 41.7 Å². The number of hydrogen-bond donors (Lipinski definition) is 2. The number of rotatable bonds is 4. The first kappa shape index (κ1) is 24.8. The zero-order valence-corrected chi connectivity index (χ0v) is 19.5. The summed E-state index contributed by atoms with van der Waals surface area (Å²) >= 11 is 6.27. The number of carbonyl (C=O) groups excluding carboxylic acids is 1. The lowest BCUT2D eigenvalue weighted by Crippen LogP contribution is -2.38. The van der Waals surface area contributed by atoms with E-state index in [0.717, 1.165) is 12.1 Å². The van der Waals surface area contributed by atoms with Gasteiger partial charge >= 0.3 is 6.18 Å². The maximum Gasteiger partial charge on any atom is 0.417 e. The fourth-order valence-corrected chi connectivity index (χ4v) is 4.00. The van der Waals surface area contributed by atoms with Gasteiger partial charge in [-0.1, -0.05) is 11.6 Å². The summed E-state index contributed by atoms with van der Waals surface area (Å²) in [5.74, 6) is -1.16. The minimum absolute atomic E-state index is 0.0410. The molecule has 4 rings (SSSR count). The van der Waals surface area contributed by atoms with Gasteiger partial charge in [0.2, 0.25) is 0 Å². The molecule has 0 unspecified atom stereocenters. The Morgan fingerprint density at radius 1 is 1.26 bits per heavy atom. The van der Waals surface area contributed by atoms with Crippen LogP contribution < -0.4 is 5.32 Å². The van der Waals surface area contributed by atoms with Crippen LogP contribution in [0.3, 0.4) is 0 Å². The molecule has 184 valence electrons. The number of nitrogens with one attached hydrogen (secondary N) is 1. The van der Waals surface area contributed by atoms with Gasteiger partial charge in [-0.25, -0.2) is 9.37 Å². The van der Waals surface area contributed by atoms with Crippen molar-refractivity contribution >= 4 is 23.2 Å². The van der Waals surface area contributed by atoms with Crippen molar-refractivity contribution in [2.45, 2.75) is 38.6 Å². The third-order valence-corrected chi connectivity index (χ3v) is 5.64. The van der Waals surface area contributed by atoms with E-state index in [9.17, 15) is 27.5 Å². The molecule has 0 saturated carbocycles. The molecule has 1 aromatic carbocycles. The average Bonchev–Trinajstić information content (AvgIpc) is 3.16. The maximum atomic E-state index is 14.7. The van der Waals surface area contributed by atoms with Gasteiger partial charge in [0.05, 0.1) is 27.6 Å². The van der Waals surface area contributed by atoms with Crippen LogP contribution in [0, 0.1) is 5.82 Å². The quantitative estimate of drug-likeness (QED) is 0.507. The summed E-state index contributed by atoms with van der Waals surface area (Å²) in [6.45, 7) is 4.58. The number of alkyl halides is 3. The SMILES string of the molecule is C[C@@H]1N=C(c2ncccc2F)c2c(ccc(C(F)(F)F)c2Cl)-n2cc(C(=O)NCC(C)(C)O)nc21. The number of hydrogen-bond acceptors (Lipinski definition) is 5. The van der Waals surface area contributed by atoms with E-state index in [1.54, 1.807) is 6.92 Å². The molecule has 1 atom stereocenters. The van der Waals surface area contributed by atoms with Crippen LogP contribution in [0.4, 0.5) is 17.6 Å². The molecule has 35 heavy (non-hydrogen) atoms. The highest BCUT2D eigenvalue weighted by molar-refractivity contribution is 6.37. The maximum absolute atomic E-state index is 14.7. The molecule has 3 heterocycles. The number of imidazole rings is 1. The van der Waals surface area contributed by atoms with E-state index in [-0.39, 0.29) is 40.7 Å². The number of benzene rings is 1. The number of amides is 1. The normalized spacial score (nSPS) is 15.7. The molecule has 1 amide bonds. The van der Waals surface area contributed by atoms with E-state index in [2.05, 4.69) is 20.3 Å². The highest BCUT2D eigenvalue weighted by Crippen LogP contribution is 2.41. The largest absolute Gasteiger partial charge is 0.417 e. The van der Waals surface area contributed by atoms with Crippen molar-refractivity contribution in [3.8, 4) is 5.69 Å². The van der Waals surface area contributed by atoms with E-state index < -0.39 is 40.1 Å². The van der Waals surface area contributed by atoms with Gasteiger partial charge in [-0.15, -0.1) is 0 Å². The number of carbonyl (C=O) groups is 1. The summed E-state index contributed by atoms with van der Waals surface area (Å²) in [6, 6.07) is 3.63. The Kier molecular flexibility index (Phi) is 6.18. The molecule has 0 spiro atoms. The van der Waals surface area contributed by atoms with Gasteiger partial charge in [-0.2, -0.15) is 13.2 Å². The first-order valence-electron chi connectivity index (χ1n) is 10.5. The van der Waals surface area contributed by atoms with Crippen LogP contribution in [0.5, 0.6) is 0 Å². The smallest absolute Gasteiger partial charge is 0.389 e. The number of fused-ring (bicyclic) bond motifs is 3. The van der Waals surface area contributed by atoms with E-state index in [4.69, 9.17) is 11.6 Å². The second-order valence-electron chi connectivity index (χ2n) is 8.66. The van der Waals surface area contributed by atoms with Crippen LogP contribution in [0.2, 0.25) is 5.02 Å². The zero-order valence-electron chi connectivity index (χ0n) is 18.8. The Bertz CT molecular complexity index is 1340. The molecule has 3 aromatic rings. The summed E-state index contributed by atoms with van der Waals surface area (Å²) in [7, 11) is 0. The predicted octanol–water partition coefficient (Wildman–Crippen LogP) is 4.49. The molecule has 0 radical (unpaired) electrons. The molecule has 12 heteroatoms. The Balaban J connectivity index is 1.94. The summed E-state index contributed by atoms with van der Waals surface area (Å²) in [5, 5.41) is 11.7. The van der Waals surface area contributed by atoms with Crippen molar-refractivity contribution in [3.63, 3.8) is 0 Å². The number of aromatic nitrogens is 3. The third-order valence-electron chi connectivity index (χ3n) is 5.25. The van der Waals surface area contributed by atoms with Gasteiger partial charge in [0, 0.05) is 24.5 Å². The second kappa shape index (κ2) is 8.72. The molecule has 7 nitrogen and oxygen atoms in total. The van der Waals surface area contributed by atoms with Gasteiger partial charge in [0.15, 0.2) is 5.82 Å². The van der Waals surface area contributed by atoms with Gasteiger partial charge < -0.3 is 15.0 Å². The van der Waals surface area contributed by atoms with Crippen molar-refractivity contribution in [3.05, 3.63) is 75.8 Å². The van der Waals surface area contributed by atoms with Crippen LogP contribution in [-0.4, -0.2) is 43.4 Å². The predicted molar refractivity (Wildman–Crippen MR) is 120 cm³/mol. The average molecular weight is 510 g/mol. The Hall–Kier alpha value is -3.31. The third kappa shape index (κ3) is 4.78. The second-order valence-corrected chi connectivity index (χ2v) is 9.03.